The highest BCUT2D eigenvalue weighted by Gasteiger charge is 2.26. The number of piperidine rings is 1. The molecule has 0 bridgehead atoms. The van der Waals surface area contributed by atoms with Crippen LogP contribution in [0.1, 0.15) is 33.1 Å². The Balaban J connectivity index is 2.14. The van der Waals surface area contributed by atoms with Crippen molar-refractivity contribution in [3.63, 3.8) is 0 Å². The standard InChI is InChI=1S/C13H25F3N2/c1-11(2)8-18-7-3-4-12(9-18)5-6-17-10-13(14,15)16/h11-12,17H,3-10H2,1-2H3. The van der Waals surface area contributed by atoms with E-state index in [1.165, 1.54) is 6.42 Å². The molecule has 1 unspecified atom stereocenters. The van der Waals surface area contributed by atoms with E-state index in [0.29, 0.717) is 18.4 Å². The van der Waals surface area contributed by atoms with Gasteiger partial charge in [-0.1, -0.05) is 13.8 Å². The Morgan fingerprint density at radius 3 is 2.67 bits per heavy atom. The van der Waals surface area contributed by atoms with E-state index in [9.17, 15) is 13.2 Å². The first kappa shape index (κ1) is 15.8. The van der Waals surface area contributed by atoms with E-state index in [-0.39, 0.29) is 0 Å². The summed E-state index contributed by atoms with van der Waals surface area (Å²) in [4.78, 5) is 2.45. The average Bonchev–Trinajstić information content (AvgIpc) is 2.23. The molecule has 2 nitrogen and oxygen atoms in total. The quantitative estimate of drug-likeness (QED) is 0.744. The Labute approximate surface area is 108 Å². The lowest BCUT2D eigenvalue weighted by molar-refractivity contribution is -0.124. The average molecular weight is 266 g/mol. The molecule has 0 spiro atoms. The number of hydrogen-bond acceptors (Lipinski definition) is 2. The zero-order valence-electron chi connectivity index (χ0n) is 11.4. The van der Waals surface area contributed by atoms with Gasteiger partial charge in [0.1, 0.15) is 0 Å². The minimum Gasteiger partial charge on any atom is -0.309 e. The molecule has 0 aliphatic carbocycles. The van der Waals surface area contributed by atoms with E-state index >= 15 is 0 Å². The predicted molar refractivity (Wildman–Crippen MR) is 67.5 cm³/mol. The zero-order chi connectivity index (χ0) is 13.6. The monoisotopic (exact) mass is 266 g/mol. The molecule has 0 saturated carbocycles. The topological polar surface area (TPSA) is 15.3 Å². The van der Waals surface area contributed by atoms with Gasteiger partial charge in [-0.15, -0.1) is 0 Å². The molecule has 1 fully saturated rings. The van der Waals surface area contributed by atoms with Gasteiger partial charge in [0, 0.05) is 13.1 Å². The Morgan fingerprint density at radius 1 is 1.33 bits per heavy atom. The molecule has 0 aromatic rings. The summed E-state index contributed by atoms with van der Waals surface area (Å²) in [5.41, 5.74) is 0. The van der Waals surface area contributed by atoms with Crippen LogP contribution in [0.3, 0.4) is 0 Å². The normalized spacial score (nSPS) is 22.7. The number of nitrogens with one attached hydrogen (secondary N) is 1. The van der Waals surface area contributed by atoms with Crippen molar-refractivity contribution < 1.29 is 13.2 Å². The van der Waals surface area contributed by atoms with Gasteiger partial charge < -0.3 is 10.2 Å². The number of likely N-dealkylation sites (tertiary alicyclic amines) is 1. The summed E-state index contributed by atoms with van der Waals surface area (Å²) in [5.74, 6) is 1.21. The molecule has 18 heavy (non-hydrogen) atoms. The highest BCUT2D eigenvalue weighted by molar-refractivity contribution is 4.74. The van der Waals surface area contributed by atoms with E-state index in [1.807, 2.05) is 0 Å². The number of alkyl halides is 3. The van der Waals surface area contributed by atoms with Crippen molar-refractivity contribution in [3.05, 3.63) is 0 Å². The fourth-order valence-electron chi connectivity index (χ4n) is 2.61. The summed E-state index contributed by atoms with van der Waals surface area (Å²) in [6.07, 6.45) is -0.903. The van der Waals surface area contributed by atoms with Crippen LogP contribution in [0.25, 0.3) is 0 Å². The third kappa shape index (κ3) is 7.21. The van der Waals surface area contributed by atoms with Crippen molar-refractivity contribution in [2.24, 2.45) is 11.8 Å². The second-order valence-corrected chi connectivity index (χ2v) is 5.74. The van der Waals surface area contributed by atoms with Gasteiger partial charge in [-0.3, -0.25) is 0 Å². The lowest BCUT2D eigenvalue weighted by atomic mass is 9.94. The maximum atomic E-state index is 12.0. The Bertz CT molecular complexity index is 229. The predicted octanol–water partition coefficient (Wildman–Crippen LogP) is 2.90. The molecular formula is C13H25F3N2. The molecular weight excluding hydrogens is 241 g/mol. The number of halogens is 3. The maximum absolute atomic E-state index is 12.0. The summed E-state index contributed by atoms with van der Waals surface area (Å²) in [7, 11) is 0. The van der Waals surface area contributed by atoms with Crippen LogP contribution in [0, 0.1) is 11.8 Å². The molecule has 1 rings (SSSR count). The number of nitrogens with zero attached hydrogens (tertiary/aromatic N) is 1. The molecule has 108 valence electrons. The lowest BCUT2D eigenvalue weighted by Gasteiger charge is -2.33. The van der Waals surface area contributed by atoms with Crippen LogP contribution in [0.15, 0.2) is 0 Å². The fourth-order valence-corrected chi connectivity index (χ4v) is 2.61. The largest absolute Gasteiger partial charge is 0.401 e. The van der Waals surface area contributed by atoms with Gasteiger partial charge in [-0.25, -0.2) is 0 Å². The molecule has 1 saturated heterocycles. The van der Waals surface area contributed by atoms with Gasteiger partial charge in [0.15, 0.2) is 0 Å². The van der Waals surface area contributed by atoms with Gasteiger partial charge in [0.05, 0.1) is 6.54 Å². The molecule has 1 aliphatic heterocycles. The summed E-state index contributed by atoms with van der Waals surface area (Å²) < 4.78 is 35.9. The van der Waals surface area contributed by atoms with Crippen LogP contribution in [0.5, 0.6) is 0 Å². The van der Waals surface area contributed by atoms with Gasteiger partial charge >= 0.3 is 6.18 Å². The van der Waals surface area contributed by atoms with E-state index < -0.39 is 12.7 Å². The van der Waals surface area contributed by atoms with Gasteiger partial charge in [0.2, 0.25) is 0 Å². The second-order valence-electron chi connectivity index (χ2n) is 5.74. The van der Waals surface area contributed by atoms with Crippen LogP contribution >= 0.6 is 0 Å². The highest BCUT2D eigenvalue weighted by atomic mass is 19.4. The minimum absolute atomic E-state index is 0.472. The first-order chi connectivity index (χ1) is 8.37. The van der Waals surface area contributed by atoms with Crippen molar-refractivity contribution in [1.82, 2.24) is 10.2 Å². The van der Waals surface area contributed by atoms with E-state index in [1.54, 1.807) is 0 Å². The van der Waals surface area contributed by atoms with Crippen LogP contribution in [-0.4, -0.2) is 43.8 Å². The van der Waals surface area contributed by atoms with Crippen LogP contribution in [0.4, 0.5) is 13.2 Å². The molecule has 1 atom stereocenters. The number of hydrogen-bond donors (Lipinski definition) is 1. The van der Waals surface area contributed by atoms with Crippen molar-refractivity contribution in [1.29, 1.82) is 0 Å². The minimum atomic E-state index is -4.09. The summed E-state index contributed by atoms with van der Waals surface area (Å²) >= 11 is 0. The fraction of sp³-hybridized carbons (Fsp3) is 1.00. The molecule has 0 aromatic carbocycles. The van der Waals surface area contributed by atoms with Crippen LogP contribution in [0.2, 0.25) is 0 Å². The third-order valence-corrected chi connectivity index (χ3v) is 3.28. The second kappa shape index (κ2) is 7.34. The van der Waals surface area contributed by atoms with Gasteiger partial charge in [0.25, 0.3) is 0 Å². The molecule has 5 heteroatoms. The van der Waals surface area contributed by atoms with Crippen LogP contribution in [-0.2, 0) is 0 Å². The van der Waals surface area contributed by atoms with Crippen molar-refractivity contribution in [3.8, 4) is 0 Å². The van der Waals surface area contributed by atoms with Crippen LogP contribution < -0.4 is 5.32 Å². The third-order valence-electron chi connectivity index (χ3n) is 3.28. The van der Waals surface area contributed by atoms with Crippen molar-refractivity contribution in [2.75, 3.05) is 32.7 Å². The van der Waals surface area contributed by atoms with E-state index in [0.717, 1.165) is 32.5 Å². The smallest absolute Gasteiger partial charge is 0.309 e. The number of rotatable bonds is 6. The maximum Gasteiger partial charge on any atom is 0.401 e. The Kier molecular flexibility index (Phi) is 6.43. The van der Waals surface area contributed by atoms with E-state index in [4.69, 9.17) is 0 Å². The highest BCUT2D eigenvalue weighted by Crippen LogP contribution is 2.20. The molecule has 0 radical (unpaired) electrons. The first-order valence-electron chi connectivity index (χ1n) is 6.86. The summed E-state index contributed by atoms with van der Waals surface area (Å²) in [5, 5.41) is 2.48. The molecule has 0 aromatic heterocycles. The summed E-state index contributed by atoms with van der Waals surface area (Å²) in [6, 6.07) is 0. The van der Waals surface area contributed by atoms with Crippen molar-refractivity contribution >= 4 is 0 Å². The Morgan fingerprint density at radius 2 is 2.06 bits per heavy atom. The first-order valence-corrected chi connectivity index (χ1v) is 6.86. The van der Waals surface area contributed by atoms with Crippen molar-refractivity contribution in [2.45, 2.75) is 39.3 Å². The molecule has 0 amide bonds. The van der Waals surface area contributed by atoms with E-state index in [2.05, 4.69) is 24.1 Å². The molecule has 1 N–H and O–H groups in total. The SMILES string of the molecule is CC(C)CN1CCCC(CCNCC(F)(F)F)C1. The van der Waals surface area contributed by atoms with Gasteiger partial charge in [-0.05, 0) is 44.2 Å². The van der Waals surface area contributed by atoms with Gasteiger partial charge in [-0.2, -0.15) is 13.2 Å². The Hall–Kier alpha value is -0.290. The summed E-state index contributed by atoms with van der Waals surface area (Å²) in [6.45, 7) is 7.31. The lowest BCUT2D eigenvalue weighted by Crippen LogP contribution is -2.39. The zero-order valence-corrected chi connectivity index (χ0v) is 11.4. The molecule has 1 aliphatic rings. The molecule has 1 heterocycles.